The maximum Gasteiger partial charge on any atom is 0.334 e. The van der Waals surface area contributed by atoms with E-state index in [2.05, 4.69) is 4.31 Å². The molecule has 164 valence electrons. The Morgan fingerprint density at radius 2 is 1.29 bits per heavy atom. The zero-order valence-electron chi connectivity index (χ0n) is 16.7. The molecule has 0 fully saturated rings. The van der Waals surface area contributed by atoms with Gasteiger partial charge in [0.2, 0.25) is 0 Å². The average Bonchev–Trinajstić information content (AvgIpc) is 2.55. The van der Waals surface area contributed by atoms with Gasteiger partial charge in [-0.25, -0.2) is 4.31 Å². The van der Waals surface area contributed by atoms with E-state index < -0.39 is 53.0 Å². The third kappa shape index (κ3) is 7.20. The molecule has 0 aliphatic rings. The van der Waals surface area contributed by atoms with Crippen molar-refractivity contribution in [3.8, 4) is 0 Å². The molecule has 1 aromatic rings. The number of aryl methyl sites for hydroxylation is 1. The van der Waals surface area contributed by atoms with Gasteiger partial charge in [-0.2, -0.15) is 0 Å². The predicted molar refractivity (Wildman–Crippen MR) is 107 cm³/mol. The highest BCUT2D eigenvalue weighted by atomic mass is 31.2. The van der Waals surface area contributed by atoms with Crippen LogP contribution >= 0.6 is 17.2 Å². The fraction of sp³-hybridized carbons (Fsp3) is 0.647. The highest BCUT2D eigenvalue weighted by molar-refractivity contribution is 7.53. The van der Waals surface area contributed by atoms with Crippen molar-refractivity contribution in [2.75, 3.05) is 13.2 Å². The molecule has 9 nitrogen and oxygen atoms in total. The molecular formula is C17H32O9P2. The lowest BCUT2D eigenvalue weighted by molar-refractivity contribution is -0.206. The second-order valence-electron chi connectivity index (χ2n) is 7.77. The van der Waals surface area contributed by atoms with Gasteiger partial charge in [0.25, 0.3) is 0 Å². The normalized spacial score (nSPS) is 15.8. The van der Waals surface area contributed by atoms with Crippen molar-refractivity contribution in [3.05, 3.63) is 35.4 Å². The Kier molecular flexibility index (Phi) is 11.1. The molecule has 1 aromatic carbocycles. The van der Waals surface area contributed by atoms with Gasteiger partial charge in [0.15, 0.2) is 0 Å². The third-order valence-electron chi connectivity index (χ3n) is 4.64. The van der Waals surface area contributed by atoms with Crippen molar-refractivity contribution in [3.63, 3.8) is 0 Å². The fourth-order valence-electron chi connectivity index (χ4n) is 2.86. The molecule has 2 atom stereocenters. The monoisotopic (exact) mass is 442 g/mol. The zero-order chi connectivity index (χ0) is 22.3. The quantitative estimate of drug-likeness (QED) is 0.287. The van der Waals surface area contributed by atoms with Crippen LogP contribution in [0.25, 0.3) is 0 Å². The maximum atomic E-state index is 11.0. The molecule has 0 amide bonds. The summed E-state index contributed by atoms with van der Waals surface area (Å²) in [5, 5.41) is 41.5. The minimum Gasteiger partial charge on any atom is -0.395 e. The van der Waals surface area contributed by atoms with Crippen molar-refractivity contribution in [1.82, 2.24) is 0 Å². The molecule has 0 saturated heterocycles. The molecule has 0 aliphatic heterocycles. The van der Waals surface area contributed by atoms with E-state index in [9.17, 15) is 20.4 Å². The van der Waals surface area contributed by atoms with Crippen molar-refractivity contribution in [2.45, 2.75) is 46.3 Å². The summed E-state index contributed by atoms with van der Waals surface area (Å²) in [6, 6.07) is 7.22. The lowest BCUT2D eigenvalue weighted by atomic mass is 9.61. The molecular weight excluding hydrogens is 410 g/mol. The molecule has 11 heteroatoms. The second kappa shape index (κ2) is 11.2. The van der Waals surface area contributed by atoms with Crippen molar-refractivity contribution in [2.24, 2.45) is 10.8 Å². The smallest absolute Gasteiger partial charge is 0.334 e. The highest BCUT2D eigenvalue weighted by Crippen LogP contribution is 2.47. The summed E-state index contributed by atoms with van der Waals surface area (Å²) in [5.41, 5.74) is -2.03. The van der Waals surface area contributed by atoms with Crippen LogP contribution in [0.15, 0.2) is 24.3 Å². The van der Waals surface area contributed by atoms with E-state index >= 15 is 0 Å². The molecule has 8 N–H and O–H groups in total. The lowest BCUT2D eigenvalue weighted by Gasteiger charge is -2.50. The summed E-state index contributed by atoms with van der Waals surface area (Å²) in [6.07, 6.45) is -1.09. The van der Waals surface area contributed by atoms with Gasteiger partial charge in [-0.3, -0.25) is 0 Å². The number of aliphatic hydroxyl groups is 4. The minimum atomic E-state index is -2.61. The van der Waals surface area contributed by atoms with Crippen molar-refractivity contribution in [1.29, 1.82) is 0 Å². The summed E-state index contributed by atoms with van der Waals surface area (Å²) >= 11 is 0. The summed E-state index contributed by atoms with van der Waals surface area (Å²) in [4.78, 5) is 31.3. The van der Waals surface area contributed by atoms with Crippen LogP contribution in [0.1, 0.15) is 38.8 Å². The Bertz CT molecular complexity index is 561. The Labute approximate surface area is 167 Å². The molecule has 0 aliphatic carbocycles. The topological polar surface area (TPSA) is 171 Å². The van der Waals surface area contributed by atoms with Crippen LogP contribution in [-0.2, 0) is 9.91 Å². The molecule has 2 unspecified atom stereocenters. The maximum absolute atomic E-state index is 11.0. The first-order valence-corrected chi connectivity index (χ1v) is 10.7. The molecule has 0 radical (unpaired) electrons. The first kappa shape index (κ1) is 27.7. The number of hydrogen-bond donors (Lipinski definition) is 8. The fourth-order valence-corrected chi connectivity index (χ4v) is 3.38. The van der Waals surface area contributed by atoms with E-state index in [1.165, 1.54) is 6.92 Å². The van der Waals surface area contributed by atoms with Gasteiger partial charge in [-0.15, -0.1) is 0 Å². The van der Waals surface area contributed by atoms with Crippen LogP contribution in [0, 0.1) is 17.8 Å². The third-order valence-corrected chi connectivity index (χ3v) is 5.81. The van der Waals surface area contributed by atoms with E-state index in [1.54, 1.807) is 12.1 Å². The number of benzene rings is 1. The summed E-state index contributed by atoms with van der Waals surface area (Å²) in [6.45, 7) is 7.84. The first-order valence-electron chi connectivity index (χ1n) is 8.39. The van der Waals surface area contributed by atoms with Crippen LogP contribution in [0.5, 0.6) is 0 Å². The van der Waals surface area contributed by atoms with Crippen LogP contribution in [0.3, 0.4) is 0 Å². The Hall–Kier alpha value is -0.280. The van der Waals surface area contributed by atoms with Gasteiger partial charge in [0.05, 0.1) is 30.3 Å². The average molecular weight is 442 g/mol. The van der Waals surface area contributed by atoms with Crippen molar-refractivity contribution < 1.29 is 44.3 Å². The van der Waals surface area contributed by atoms with Crippen LogP contribution in [0.2, 0.25) is 0 Å². The lowest BCUT2D eigenvalue weighted by Crippen LogP contribution is -2.60. The molecule has 28 heavy (non-hydrogen) atoms. The molecule has 0 aromatic heterocycles. The van der Waals surface area contributed by atoms with E-state index in [0.717, 1.165) is 5.56 Å². The first-order chi connectivity index (χ1) is 12.7. The highest BCUT2D eigenvalue weighted by Gasteiger charge is 2.55. The largest absolute Gasteiger partial charge is 0.395 e. The van der Waals surface area contributed by atoms with Crippen molar-refractivity contribution >= 4 is 17.2 Å². The van der Waals surface area contributed by atoms with E-state index in [4.69, 9.17) is 19.6 Å². The van der Waals surface area contributed by atoms with Crippen LogP contribution < -0.4 is 0 Å². The number of aliphatic hydroxyl groups excluding tert-OH is 3. The minimum absolute atomic E-state index is 0.525. The van der Waals surface area contributed by atoms with E-state index in [1.807, 2.05) is 39.8 Å². The van der Waals surface area contributed by atoms with Crippen LogP contribution in [0.4, 0.5) is 0 Å². The van der Waals surface area contributed by atoms with Gasteiger partial charge in [0, 0.05) is 0 Å². The molecule has 1 rings (SSSR count). The van der Waals surface area contributed by atoms with Crippen LogP contribution in [-0.4, -0.2) is 59.3 Å². The van der Waals surface area contributed by atoms with E-state index in [0.29, 0.717) is 5.56 Å². The SMILES string of the molecule is Cc1ccc(C(C)(O)C(CO)(CO)C(O)C(C)(C)C)cc1.OP(O)OP(O)O. The van der Waals surface area contributed by atoms with Gasteiger partial charge >= 0.3 is 17.2 Å². The number of rotatable bonds is 7. The number of hydrogen-bond acceptors (Lipinski definition) is 9. The summed E-state index contributed by atoms with van der Waals surface area (Å²) in [5.74, 6) is 0. The molecule has 0 heterocycles. The predicted octanol–water partition coefficient (Wildman–Crippen LogP) is 1.01. The summed E-state index contributed by atoms with van der Waals surface area (Å²) < 4.78 is 3.60. The Balaban J connectivity index is 0.000000887. The van der Waals surface area contributed by atoms with E-state index in [-0.39, 0.29) is 0 Å². The molecule has 0 bridgehead atoms. The molecule has 0 spiro atoms. The molecule has 0 saturated carbocycles. The zero-order valence-corrected chi connectivity index (χ0v) is 18.5. The summed E-state index contributed by atoms with van der Waals surface area (Å²) in [7, 11) is -5.22. The Morgan fingerprint density at radius 3 is 1.54 bits per heavy atom. The van der Waals surface area contributed by atoms with Gasteiger partial charge in [-0.1, -0.05) is 50.6 Å². The Morgan fingerprint density at radius 1 is 0.893 bits per heavy atom. The van der Waals surface area contributed by atoms with Gasteiger partial charge in [-0.05, 0) is 24.8 Å². The van der Waals surface area contributed by atoms with Gasteiger partial charge in [0.1, 0.15) is 0 Å². The standard InChI is InChI=1S/C17H28O4.H4O5P2/c1-12-6-8-13(9-7-12)16(5,21)17(10-18,11-19)14(20)15(2,3)4;1-6(2)5-7(3)4/h6-9,14,18-21H,10-11H2,1-5H3;1-4H. The van der Waals surface area contributed by atoms with Gasteiger partial charge < -0.3 is 40.0 Å². The second-order valence-corrected chi connectivity index (χ2v) is 9.43.